The highest BCUT2D eigenvalue weighted by molar-refractivity contribution is 5.26. The lowest BCUT2D eigenvalue weighted by Gasteiger charge is -2.24. The Morgan fingerprint density at radius 1 is 1.31 bits per heavy atom. The van der Waals surface area contributed by atoms with Crippen molar-refractivity contribution in [3.63, 3.8) is 0 Å². The molecule has 1 saturated carbocycles. The Hall–Kier alpha value is -0.860. The molecule has 2 fully saturated rings. The Bertz CT molecular complexity index is 384. The van der Waals surface area contributed by atoms with Crippen molar-refractivity contribution in [2.24, 2.45) is 5.73 Å². The van der Waals surface area contributed by atoms with Crippen LogP contribution in [0.1, 0.15) is 36.4 Å². The molecule has 1 heterocycles. The highest BCUT2D eigenvalue weighted by Gasteiger charge is 2.40. The first-order valence-electron chi connectivity index (χ1n) is 6.32. The summed E-state index contributed by atoms with van der Waals surface area (Å²) in [6.07, 6.45) is 3.87. The van der Waals surface area contributed by atoms with Crippen LogP contribution >= 0.6 is 0 Å². The normalized spacial score (nSPS) is 30.9. The summed E-state index contributed by atoms with van der Waals surface area (Å²) in [7, 11) is 0. The van der Waals surface area contributed by atoms with Gasteiger partial charge < -0.3 is 5.73 Å². The molecule has 0 spiro atoms. The van der Waals surface area contributed by atoms with Crippen LogP contribution in [-0.2, 0) is 0 Å². The van der Waals surface area contributed by atoms with Gasteiger partial charge >= 0.3 is 0 Å². The molecule has 1 aliphatic heterocycles. The van der Waals surface area contributed by atoms with Crippen LogP contribution in [0.15, 0.2) is 24.3 Å². The summed E-state index contributed by atoms with van der Waals surface area (Å²) in [5.41, 5.74) is 8.93. The fourth-order valence-electron chi connectivity index (χ4n) is 2.91. The molecule has 2 unspecified atom stereocenters. The number of benzene rings is 1. The molecule has 1 aromatic rings. The number of nitrogens with two attached hydrogens (primary N) is 1. The van der Waals surface area contributed by atoms with E-state index in [0.29, 0.717) is 12.1 Å². The highest BCUT2D eigenvalue weighted by Crippen LogP contribution is 2.40. The number of hydrogen-bond acceptors (Lipinski definition) is 2. The molecule has 0 bridgehead atoms. The molecular formula is C14H20N2. The topological polar surface area (TPSA) is 29.3 Å². The summed E-state index contributed by atoms with van der Waals surface area (Å²) in [6, 6.07) is 10.7. The van der Waals surface area contributed by atoms with Gasteiger partial charge in [-0.25, -0.2) is 0 Å². The summed E-state index contributed by atoms with van der Waals surface area (Å²) in [4.78, 5) is 2.62. The number of aryl methyl sites for hydroxylation is 1. The molecule has 1 aromatic carbocycles. The third-order valence-electron chi connectivity index (χ3n) is 3.81. The van der Waals surface area contributed by atoms with Crippen molar-refractivity contribution in [3.8, 4) is 0 Å². The van der Waals surface area contributed by atoms with Gasteiger partial charge in [-0.1, -0.05) is 29.8 Å². The van der Waals surface area contributed by atoms with Crippen LogP contribution in [0.2, 0.25) is 0 Å². The second-order valence-electron chi connectivity index (χ2n) is 5.35. The Labute approximate surface area is 97.4 Å². The highest BCUT2D eigenvalue weighted by atomic mass is 15.2. The van der Waals surface area contributed by atoms with Crippen molar-refractivity contribution in [2.45, 2.75) is 44.3 Å². The molecule has 0 aromatic heterocycles. The molecule has 0 radical (unpaired) electrons. The number of nitrogens with zero attached hydrogens (tertiary/aromatic N) is 1. The molecule has 2 nitrogen and oxygen atoms in total. The maximum atomic E-state index is 6.11. The Kier molecular flexibility index (Phi) is 2.49. The lowest BCUT2D eigenvalue weighted by atomic mass is 10.0. The smallest absolute Gasteiger partial charge is 0.0367 e. The van der Waals surface area contributed by atoms with Crippen LogP contribution in [0.25, 0.3) is 0 Å². The van der Waals surface area contributed by atoms with E-state index in [1.807, 2.05) is 0 Å². The van der Waals surface area contributed by atoms with Gasteiger partial charge in [-0.2, -0.15) is 0 Å². The van der Waals surface area contributed by atoms with Gasteiger partial charge in [0.2, 0.25) is 0 Å². The van der Waals surface area contributed by atoms with Gasteiger partial charge in [0.25, 0.3) is 0 Å². The monoisotopic (exact) mass is 216 g/mol. The second kappa shape index (κ2) is 3.86. The lowest BCUT2D eigenvalue weighted by molar-refractivity contribution is 0.245. The van der Waals surface area contributed by atoms with E-state index in [2.05, 4.69) is 36.1 Å². The average Bonchev–Trinajstić information content (AvgIpc) is 3.02. The maximum absolute atomic E-state index is 6.11. The minimum atomic E-state index is 0.367. The van der Waals surface area contributed by atoms with Gasteiger partial charge in [0.05, 0.1) is 0 Å². The van der Waals surface area contributed by atoms with Gasteiger partial charge in [-0.15, -0.1) is 0 Å². The summed E-state index contributed by atoms with van der Waals surface area (Å²) in [6.45, 7) is 3.25. The van der Waals surface area contributed by atoms with Crippen molar-refractivity contribution in [1.82, 2.24) is 4.90 Å². The van der Waals surface area contributed by atoms with Crippen LogP contribution in [-0.4, -0.2) is 23.5 Å². The lowest BCUT2D eigenvalue weighted by Crippen LogP contribution is -2.29. The predicted molar refractivity (Wildman–Crippen MR) is 66.2 cm³/mol. The van der Waals surface area contributed by atoms with Crippen molar-refractivity contribution in [3.05, 3.63) is 35.4 Å². The molecule has 2 aliphatic rings. The van der Waals surface area contributed by atoms with Gasteiger partial charge in [0, 0.05) is 24.7 Å². The van der Waals surface area contributed by atoms with Crippen molar-refractivity contribution < 1.29 is 0 Å². The first-order chi connectivity index (χ1) is 7.74. The molecule has 1 saturated heterocycles. The van der Waals surface area contributed by atoms with E-state index in [1.54, 1.807) is 0 Å². The van der Waals surface area contributed by atoms with E-state index in [4.69, 9.17) is 5.73 Å². The third-order valence-corrected chi connectivity index (χ3v) is 3.81. The summed E-state index contributed by atoms with van der Waals surface area (Å²) in [5.74, 6) is 0. The molecule has 3 rings (SSSR count). The van der Waals surface area contributed by atoms with Gasteiger partial charge in [0.15, 0.2) is 0 Å². The molecule has 2 N–H and O–H groups in total. The molecule has 1 aliphatic carbocycles. The van der Waals surface area contributed by atoms with E-state index >= 15 is 0 Å². The first-order valence-corrected chi connectivity index (χ1v) is 6.32. The average molecular weight is 216 g/mol. The Balaban J connectivity index is 1.86. The number of rotatable bonds is 2. The summed E-state index contributed by atoms with van der Waals surface area (Å²) >= 11 is 0. The zero-order valence-corrected chi connectivity index (χ0v) is 9.89. The molecule has 2 atom stereocenters. The number of hydrogen-bond donors (Lipinski definition) is 1. The molecular weight excluding hydrogens is 196 g/mol. The second-order valence-corrected chi connectivity index (χ2v) is 5.35. The van der Waals surface area contributed by atoms with Gasteiger partial charge in [0.1, 0.15) is 0 Å². The van der Waals surface area contributed by atoms with Crippen LogP contribution in [0, 0.1) is 6.92 Å². The molecule has 0 amide bonds. The fourth-order valence-corrected chi connectivity index (χ4v) is 2.91. The summed E-state index contributed by atoms with van der Waals surface area (Å²) in [5, 5.41) is 0. The Morgan fingerprint density at radius 2 is 2.12 bits per heavy atom. The maximum Gasteiger partial charge on any atom is 0.0367 e. The first kappa shape index (κ1) is 10.3. The zero-order chi connectivity index (χ0) is 11.1. The largest absolute Gasteiger partial charge is 0.326 e. The predicted octanol–water partition coefficient (Wildman–Crippen LogP) is 2.23. The summed E-state index contributed by atoms with van der Waals surface area (Å²) < 4.78 is 0. The van der Waals surface area contributed by atoms with Gasteiger partial charge in [-0.05, 0) is 31.7 Å². The van der Waals surface area contributed by atoms with E-state index in [-0.39, 0.29) is 0 Å². The molecule has 2 heteroatoms. The standard InChI is InChI=1S/C14H20N2/c1-10-3-2-4-11(7-10)14-8-12(15)9-16(14)13-5-6-13/h2-4,7,12-14H,5-6,8-9,15H2,1H3. The van der Waals surface area contributed by atoms with Crippen molar-refractivity contribution >= 4 is 0 Å². The van der Waals surface area contributed by atoms with Crippen LogP contribution in [0.5, 0.6) is 0 Å². The minimum Gasteiger partial charge on any atom is -0.326 e. The van der Waals surface area contributed by atoms with Crippen LogP contribution < -0.4 is 5.73 Å². The SMILES string of the molecule is Cc1cccc(C2CC(N)CN2C2CC2)c1. The minimum absolute atomic E-state index is 0.367. The number of likely N-dealkylation sites (tertiary alicyclic amines) is 1. The molecule has 86 valence electrons. The molecule has 16 heavy (non-hydrogen) atoms. The quantitative estimate of drug-likeness (QED) is 0.821. The van der Waals surface area contributed by atoms with E-state index in [1.165, 1.54) is 24.0 Å². The van der Waals surface area contributed by atoms with E-state index < -0.39 is 0 Å². The Morgan fingerprint density at radius 3 is 2.81 bits per heavy atom. The van der Waals surface area contributed by atoms with E-state index in [0.717, 1.165) is 19.0 Å². The van der Waals surface area contributed by atoms with Crippen LogP contribution in [0.3, 0.4) is 0 Å². The van der Waals surface area contributed by atoms with Gasteiger partial charge in [-0.3, -0.25) is 4.90 Å². The third kappa shape index (κ3) is 1.87. The van der Waals surface area contributed by atoms with Crippen molar-refractivity contribution in [1.29, 1.82) is 0 Å². The van der Waals surface area contributed by atoms with Crippen LogP contribution in [0.4, 0.5) is 0 Å². The van der Waals surface area contributed by atoms with E-state index in [9.17, 15) is 0 Å². The zero-order valence-electron chi connectivity index (χ0n) is 9.89. The van der Waals surface area contributed by atoms with Crippen molar-refractivity contribution in [2.75, 3.05) is 6.54 Å². The fraction of sp³-hybridized carbons (Fsp3) is 0.571.